The molecule has 1 unspecified atom stereocenters. The van der Waals surface area contributed by atoms with Crippen LogP contribution in [0.4, 0.5) is 10.1 Å². The highest BCUT2D eigenvalue weighted by molar-refractivity contribution is 7.10. The van der Waals surface area contributed by atoms with Crippen LogP contribution in [0.15, 0.2) is 66.0 Å². The maximum Gasteiger partial charge on any atom is 0.272 e. The zero-order valence-corrected chi connectivity index (χ0v) is 14.8. The third-order valence-electron chi connectivity index (χ3n) is 3.75. The fraction of sp³-hybridized carbons (Fsp3) is 0.105. The number of nitro groups is 1. The van der Waals surface area contributed by atoms with Crippen molar-refractivity contribution in [2.45, 2.75) is 6.04 Å². The van der Waals surface area contributed by atoms with E-state index in [1.54, 1.807) is 0 Å². The molecule has 0 aliphatic carbocycles. The van der Waals surface area contributed by atoms with Gasteiger partial charge < -0.3 is 10.1 Å². The van der Waals surface area contributed by atoms with Gasteiger partial charge in [0.15, 0.2) is 18.2 Å². The highest BCUT2D eigenvalue weighted by atomic mass is 32.1. The Hall–Kier alpha value is -3.26. The van der Waals surface area contributed by atoms with Crippen molar-refractivity contribution in [3.05, 3.63) is 92.4 Å². The molecule has 3 rings (SSSR count). The molecule has 0 bridgehead atoms. The average Bonchev–Trinajstić information content (AvgIpc) is 3.20. The van der Waals surface area contributed by atoms with Crippen molar-refractivity contribution in [1.82, 2.24) is 5.32 Å². The number of hydrogen-bond donors (Lipinski definition) is 1. The maximum atomic E-state index is 13.9. The number of ether oxygens (including phenoxy) is 1. The Labute approximate surface area is 158 Å². The van der Waals surface area contributed by atoms with Crippen LogP contribution in [-0.2, 0) is 4.79 Å². The van der Waals surface area contributed by atoms with Crippen LogP contribution in [0.25, 0.3) is 0 Å². The number of amides is 1. The van der Waals surface area contributed by atoms with Crippen LogP contribution in [0.3, 0.4) is 0 Å². The second kappa shape index (κ2) is 8.41. The molecule has 2 aromatic carbocycles. The number of benzene rings is 2. The third kappa shape index (κ3) is 4.68. The van der Waals surface area contributed by atoms with Crippen LogP contribution in [0.1, 0.15) is 16.5 Å². The van der Waals surface area contributed by atoms with Gasteiger partial charge in [0.1, 0.15) is 0 Å². The number of carbonyl (C=O) groups is 1. The Kier molecular flexibility index (Phi) is 5.77. The Morgan fingerprint density at radius 2 is 1.96 bits per heavy atom. The van der Waals surface area contributed by atoms with E-state index >= 15 is 0 Å². The Bertz CT molecular complexity index is 932. The summed E-state index contributed by atoms with van der Waals surface area (Å²) in [5, 5.41) is 15.4. The Balaban J connectivity index is 1.68. The van der Waals surface area contributed by atoms with Gasteiger partial charge in [0.25, 0.3) is 11.6 Å². The van der Waals surface area contributed by atoms with Crippen LogP contribution in [0.2, 0.25) is 0 Å². The molecule has 0 spiro atoms. The number of non-ortho nitro benzene ring substituents is 1. The van der Waals surface area contributed by atoms with Crippen LogP contribution in [-0.4, -0.2) is 17.4 Å². The highest BCUT2D eigenvalue weighted by Gasteiger charge is 2.19. The summed E-state index contributed by atoms with van der Waals surface area (Å²) in [4.78, 5) is 23.2. The zero-order chi connectivity index (χ0) is 19.2. The van der Waals surface area contributed by atoms with E-state index in [2.05, 4.69) is 5.32 Å². The Morgan fingerprint density at radius 3 is 2.59 bits per heavy atom. The van der Waals surface area contributed by atoms with Gasteiger partial charge in [0.2, 0.25) is 0 Å². The van der Waals surface area contributed by atoms with E-state index in [0.29, 0.717) is 0 Å². The molecule has 1 amide bonds. The molecule has 1 atom stereocenters. The van der Waals surface area contributed by atoms with Crippen molar-refractivity contribution in [2.24, 2.45) is 0 Å². The molecule has 0 fully saturated rings. The zero-order valence-electron chi connectivity index (χ0n) is 14.0. The normalized spacial score (nSPS) is 11.6. The highest BCUT2D eigenvalue weighted by Crippen LogP contribution is 2.26. The molecule has 138 valence electrons. The molecule has 1 N–H and O–H groups in total. The van der Waals surface area contributed by atoms with Gasteiger partial charge in [-0.1, -0.05) is 36.4 Å². The number of halogens is 1. The van der Waals surface area contributed by atoms with E-state index in [1.807, 2.05) is 47.8 Å². The Morgan fingerprint density at radius 1 is 1.19 bits per heavy atom. The first-order valence-corrected chi connectivity index (χ1v) is 8.87. The predicted molar refractivity (Wildman–Crippen MR) is 99.3 cm³/mol. The molecule has 0 radical (unpaired) electrons. The van der Waals surface area contributed by atoms with Crippen molar-refractivity contribution in [2.75, 3.05) is 6.61 Å². The van der Waals surface area contributed by atoms with E-state index in [-0.39, 0.29) is 17.5 Å². The van der Waals surface area contributed by atoms with Gasteiger partial charge in [-0.15, -0.1) is 11.3 Å². The summed E-state index contributed by atoms with van der Waals surface area (Å²) in [5.74, 6) is -1.55. The van der Waals surface area contributed by atoms with Gasteiger partial charge in [-0.25, -0.2) is 4.39 Å². The van der Waals surface area contributed by atoms with Crippen LogP contribution >= 0.6 is 11.3 Å². The standard InChI is InChI=1S/C19H15FN2O4S/c20-15-11-14(22(24)25)8-9-16(15)26-12-18(23)21-19(17-7-4-10-27-17)13-5-2-1-3-6-13/h1-11,19H,12H2,(H,21,23). The molecule has 0 aliphatic rings. The molecule has 0 saturated carbocycles. The number of hydrogen-bond acceptors (Lipinski definition) is 5. The van der Waals surface area contributed by atoms with Gasteiger partial charge >= 0.3 is 0 Å². The van der Waals surface area contributed by atoms with Crippen molar-refractivity contribution >= 4 is 22.9 Å². The molecule has 27 heavy (non-hydrogen) atoms. The van der Waals surface area contributed by atoms with Crippen molar-refractivity contribution in [1.29, 1.82) is 0 Å². The van der Waals surface area contributed by atoms with Crippen LogP contribution in [0, 0.1) is 15.9 Å². The molecule has 3 aromatic rings. The minimum absolute atomic E-state index is 0.219. The monoisotopic (exact) mass is 386 g/mol. The van der Waals surface area contributed by atoms with Gasteiger partial charge in [0, 0.05) is 10.9 Å². The first-order chi connectivity index (χ1) is 13.0. The first-order valence-electron chi connectivity index (χ1n) is 7.99. The van der Waals surface area contributed by atoms with E-state index in [0.717, 1.165) is 28.6 Å². The van der Waals surface area contributed by atoms with Crippen molar-refractivity contribution in [3.8, 4) is 5.75 Å². The lowest BCUT2D eigenvalue weighted by Gasteiger charge is -2.18. The number of rotatable bonds is 7. The van der Waals surface area contributed by atoms with Crippen molar-refractivity contribution < 1.29 is 18.8 Å². The molecule has 0 saturated heterocycles. The predicted octanol–water partition coefficient (Wildman–Crippen LogP) is 4.08. The maximum absolute atomic E-state index is 13.9. The van der Waals surface area contributed by atoms with E-state index in [9.17, 15) is 19.3 Å². The molecule has 8 heteroatoms. The number of thiophene rings is 1. The third-order valence-corrected chi connectivity index (χ3v) is 4.69. The fourth-order valence-electron chi connectivity index (χ4n) is 2.49. The second-order valence-corrected chi connectivity index (χ2v) is 6.57. The molecule has 6 nitrogen and oxygen atoms in total. The lowest BCUT2D eigenvalue weighted by atomic mass is 10.1. The average molecular weight is 386 g/mol. The summed E-state index contributed by atoms with van der Waals surface area (Å²) in [6.45, 7) is -0.413. The van der Waals surface area contributed by atoms with E-state index < -0.39 is 23.3 Å². The molecular formula is C19H15FN2O4S. The second-order valence-electron chi connectivity index (χ2n) is 5.59. The van der Waals surface area contributed by atoms with E-state index in [1.165, 1.54) is 11.3 Å². The molecular weight excluding hydrogens is 371 g/mol. The summed E-state index contributed by atoms with van der Waals surface area (Å²) in [7, 11) is 0. The van der Waals surface area contributed by atoms with Crippen LogP contribution in [0.5, 0.6) is 5.75 Å². The van der Waals surface area contributed by atoms with Gasteiger partial charge in [0.05, 0.1) is 17.0 Å². The first kappa shape index (κ1) is 18.5. The van der Waals surface area contributed by atoms with Crippen LogP contribution < -0.4 is 10.1 Å². The summed E-state index contributed by atoms with van der Waals surface area (Å²) in [5.41, 5.74) is 0.529. The minimum Gasteiger partial charge on any atom is -0.481 e. The number of nitrogens with one attached hydrogen (secondary N) is 1. The smallest absolute Gasteiger partial charge is 0.272 e. The number of carbonyl (C=O) groups excluding carboxylic acids is 1. The lowest BCUT2D eigenvalue weighted by Crippen LogP contribution is -2.33. The molecule has 1 heterocycles. The summed E-state index contributed by atoms with van der Waals surface area (Å²) < 4.78 is 19.0. The summed E-state index contributed by atoms with van der Waals surface area (Å²) in [6, 6.07) is 15.9. The van der Waals surface area contributed by atoms with Gasteiger partial charge in [-0.2, -0.15) is 0 Å². The largest absolute Gasteiger partial charge is 0.481 e. The minimum atomic E-state index is -0.894. The van der Waals surface area contributed by atoms with E-state index in [4.69, 9.17) is 4.74 Å². The molecule has 0 aliphatic heterocycles. The lowest BCUT2D eigenvalue weighted by molar-refractivity contribution is -0.385. The summed E-state index contributed by atoms with van der Waals surface area (Å²) >= 11 is 1.51. The fourth-order valence-corrected chi connectivity index (χ4v) is 3.29. The quantitative estimate of drug-likeness (QED) is 0.490. The van der Waals surface area contributed by atoms with Crippen molar-refractivity contribution in [3.63, 3.8) is 0 Å². The molecule has 1 aromatic heterocycles. The summed E-state index contributed by atoms with van der Waals surface area (Å²) in [6.07, 6.45) is 0. The number of nitrogens with zero attached hydrogens (tertiary/aromatic N) is 1. The van der Waals surface area contributed by atoms with Gasteiger partial charge in [-0.05, 0) is 23.1 Å². The SMILES string of the molecule is O=C(COc1ccc([N+](=O)[O-])cc1F)NC(c1ccccc1)c1cccs1. The number of nitro benzene ring substituents is 1. The topological polar surface area (TPSA) is 81.5 Å². The van der Waals surface area contributed by atoms with Gasteiger partial charge in [-0.3, -0.25) is 14.9 Å².